The number of ether oxygens (including phenoxy) is 1. The molecule has 0 saturated carbocycles. The molecule has 0 aromatic carbocycles. The smallest absolute Gasteiger partial charge is 0.350 e. The number of nitrogens with one attached hydrogen (secondary N) is 1. The van der Waals surface area contributed by atoms with Gasteiger partial charge in [0.15, 0.2) is 5.13 Å². The molecular weight excluding hydrogens is 242 g/mol. The minimum Gasteiger partial charge on any atom is -0.465 e. The lowest BCUT2D eigenvalue weighted by molar-refractivity contribution is -0.116. The molecule has 0 aliphatic rings. The lowest BCUT2D eigenvalue weighted by atomic mass is 10.3. The monoisotopic (exact) mass is 257 g/mol. The zero-order valence-electron chi connectivity index (χ0n) is 9.78. The van der Waals surface area contributed by atoms with Crippen LogP contribution in [0.4, 0.5) is 5.13 Å². The SMILES string of the molecule is COC(=O)c1sc(NC(=O)CCCN)nc1C. The fraction of sp³-hybridized carbons (Fsp3) is 0.500. The third-order valence-electron chi connectivity index (χ3n) is 2.02. The molecule has 1 aromatic rings. The standard InChI is InChI=1S/C10H15N3O3S/c1-6-8(9(15)16-2)17-10(12-6)13-7(14)4-3-5-11/h3-5,11H2,1-2H3,(H,12,13,14). The molecule has 1 aromatic heterocycles. The van der Waals surface area contributed by atoms with Crippen molar-refractivity contribution in [3.8, 4) is 0 Å². The van der Waals surface area contributed by atoms with Crippen LogP contribution in [0, 0.1) is 6.92 Å². The highest BCUT2D eigenvalue weighted by Crippen LogP contribution is 2.23. The van der Waals surface area contributed by atoms with E-state index in [2.05, 4.69) is 15.0 Å². The molecular formula is C10H15N3O3S. The van der Waals surface area contributed by atoms with E-state index in [4.69, 9.17) is 5.73 Å². The second-order valence-electron chi connectivity index (χ2n) is 3.37. The molecule has 0 unspecified atom stereocenters. The Kier molecular flexibility index (Phi) is 5.05. The highest BCUT2D eigenvalue weighted by Gasteiger charge is 2.16. The van der Waals surface area contributed by atoms with Crippen LogP contribution in [-0.4, -0.2) is 30.5 Å². The number of aromatic nitrogens is 1. The number of rotatable bonds is 5. The summed E-state index contributed by atoms with van der Waals surface area (Å²) in [6.07, 6.45) is 0.975. The Balaban J connectivity index is 2.67. The van der Waals surface area contributed by atoms with Crippen molar-refractivity contribution in [2.24, 2.45) is 5.73 Å². The van der Waals surface area contributed by atoms with Gasteiger partial charge in [0.25, 0.3) is 0 Å². The zero-order valence-corrected chi connectivity index (χ0v) is 10.6. The minimum atomic E-state index is -0.442. The number of esters is 1. The van der Waals surface area contributed by atoms with Gasteiger partial charge in [-0.15, -0.1) is 0 Å². The maximum Gasteiger partial charge on any atom is 0.350 e. The Labute approximate surface area is 103 Å². The number of aryl methyl sites for hydroxylation is 1. The number of amides is 1. The van der Waals surface area contributed by atoms with Gasteiger partial charge in [0, 0.05) is 6.42 Å². The van der Waals surface area contributed by atoms with Crippen LogP contribution in [0.1, 0.15) is 28.2 Å². The second-order valence-corrected chi connectivity index (χ2v) is 4.36. The molecule has 1 rings (SSSR count). The molecule has 0 fully saturated rings. The number of thiazole rings is 1. The van der Waals surface area contributed by atoms with Crippen molar-refractivity contribution < 1.29 is 14.3 Å². The van der Waals surface area contributed by atoms with Gasteiger partial charge in [0.1, 0.15) is 4.88 Å². The van der Waals surface area contributed by atoms with Crippen molar-refractivity contribution in [1.29, 1.82) is 0 Å². The van der Waals surface area contributed by atoms with Gasteiger partial charge in [-0.2, -0.15) is 0 Å². The molecule has 94 valence electrons. The van der Waals surface area contributed by atoms with Gasteiger partial charge in [0.05, 0.1) is 12.8 Å². The highest BCUT2D eigenvalue weighted by atomic mass is 32.1. The number of hydrogen-bond donors (Lipinski definition) is 2. The molecule has 17 heavy (non-hydrogen) atoms. The van der Waals surface area contributed by atoms with E-state index < -0.39 is 5.97 Å². The Hall–Kier alpha value is -1.47. The number of carbonyl (C=O) groups is 2. The number of nitrogens with zero attached hydrogens (tertiary/aromatic N) is 1. The predicted molar refractivity (Wildman–Crippen MR) is 65.1 cm³/mol. The van der Waals surface area contributed by atoms with E-state index >= 15 is 0 Å². The van der Waals surface area contributed by atoms with Crippen LogP contribution in [0.25, 0.3) is 0 Å². The third kappa shape index (κ3) is 3.79. The van der Waals surface area contributed by atoms with Crippen LogP contribution in [0.2, 0.25) is 0 Å². The summed E-state index contributed by atoms with van der Waals surface area (Å²) in [6.45, 7) is 2.16. The first-order chi connectivity index (χ1) is 8.08. The van der Waals surface area contributed by atoms with Crippen LogP contribution in [0.15, 0.2) is 0 Å². The summed E-state index contributed by atoms with van der Waals surface area (Å²) in [4.78, 5) is 27.2. The van der Waals surface area contributed by atoms with E-state index in [1.54, 1.807) is 6.92 Å². The minimum absolute atomic E-state index is 0.152. The fourth-order valence-electron chi connectivity index (χ4n) is 1.18. The first-order valence-corrected chi connectivity index (χ1v) is 5.95. The average Bonchev–Trinajstić information content (AvgIpc) is 2.66. The molecule has 1 amide bonds. The number of nitrogens with two attached hydrogens (primary N) is 1. The molecule has 0 saturated heterocycles. The van der Waals surface area contributed by atoms with E-state index in [0.717, 1.165) is 11.3 Å². The zero-order chi connectivity index (χ0) is 12.8. The second kappa shape index (κ2) is 6.31. The molecule has 0 atom stereocenters. The van der Waals surface area contributed by atoms with Crippen LogP contribution in [-0.2, 0) is 9.53 Å². The van der Waals surface area contributed by atoms with E-state index in [1.165, 1.54) is 7.11 Å². The van der Waals surface area contributed by atoms with Crippen molar-refractivity contribution in [3.63, 3.8) is 0 Å². The Morgan fingerprint density at radius 1 is 1.53 bits per heavy atom. The summed E-state index contributed by atoms with van der Waals surface area (Å²) in [5.41, 5.74) is 5.85. The van der Waals surface area contributed by atoms with Gasteiger partial charge in [0.2, 0.25) is 5.91 Å². The van der Waals surface area contributed by atoms with Crippen molar-refractivity contribution in [2.45, 2.75) is 19.8 Å². The van der Waals surface area contributed by atoms with Gasteiger partial charge in [-0.3, -0.25) is 4.79 Å². The highest BCUT2D eigenvalue weighted by molar-refractivity contribution is 7.17. The molecule has 3 N–H and O–H groups in total. The summed E-state index contributed by atoms with van der Waals surface area (Å²) in [7, 11) is 1.31. The predicted octanol–water partition coefficient (Wildman–Crippen LogP) is 0.916. The molecule has 1 heterocycles. The number of carbonyl (C=O) groups excluding carboxylic acids is 2. The first kappa shape index (κ1) is 13.6. The number of anilines is 1. The summed E-state index contributed by atoms with van der Waals surface area (Å²) < 4.78 is 4.60. The first-order valence-electron chi connectivity index (χ1n) is 5.14. The third-order valence-corrected chi connectivity index (χ3v) is 3.07. The van der Waals surface area contributed by atoms with Gasteiger partial charge in [-0.1, -0.05) is 11.3 Å². The van der Waals surface area contributed by atoms with Gasteiger partial charge in [-0.25, -0.2) is 9.78 Å². The summed E-state index contributed by atoms with van der Waals surface area (Å²) in [5.74, 6) is -0.594. The topological polar surface area (TPSA) is 94.3 Å². The normalized spacial score (nSPS) is 10.1. The Morgan fingerprint density at radius 3 is 2.82 bits per heavy atom. The van der Waals surface area contributed by atoms with Gasteiger partial charge in [-0.05, 0) is 19.9 Å². The lowest BCUT2D eigenvalue weighted by Crippen LogP contribution is -2.13. The van der Waals surface area contributed by atoms with Gasteiger partial charge >= 0.3 is 5.97 Å². The Bertz CT molecular complexity index is 417. The van der Waals surface area contributed by atoms with E-state index in [0.29, 0.717) is 35.1 Å². The Morgan fingerprint density at radius 2 is 2.24 bits per heavy atom. The van der Waals surface area contributed by atoms with E-state index in [-0.39, 0.29) is 5.91 Å². The van der Waals surface area contributed by atoms with Crippen molar-refractivity contribution in [3.05, 3.63) is 10.6 Å². The molecule has 0 spiro atoms. The lowest BCUT2D eigenvalue weighted by Gasteiger charge is -1.99. The van der Waals surface area contributed by atoms with Crippen molar-refractivity contribution >= 4 is 28.3 Å². The van der Waals surface area contributed by atoms with Crippen molar-refractivity contribution in [1.82, 2.24) is 4.98 Å². The van der Waals surface area contributed by atoms with Gasteiger partial charge < -0.3 is 15.8 Å². The molecule has 0 aliphatic carbocycles. The molecule has 0 bridgehead atoms. The number of methoxy groups -OCH3 is 1. The summed E-state index contributed by atoms with van der Waals surface area (Å²) in [6, 6.07) is 0. The van der Waals surface area contributed by atoms with E-state index in [1.807, 2.05) is 0 Å². The van der Waals surface area contributed by atoms with Crippen molar-refractivity contribution in [2.75, 3.05) is 19.0 Å². The summed E-state index contributed by atoms with van der Waals surface area (Å²) in [5, 5.41) is 3.03. The van der Waals surface area contributed by atoms with Crippen LogP contribution in [0.3, 0.4) is 0 Å². The molecule has 0 aliphatic heterocycles. The van der Waals surface area contributed by atoms with Crippen LogP contribution in [0.5, 0.6) is 0 Å². The average molecular weight is 257 g/mol. The molecule has 6 nitrogen and oxygen atoms in total. The molecule has 7 heteroatoms. The quantitative estimate of drug-likeness (QED) is 0.765. The van der Waals surface area contributed by atoms with Crippen LogP contribution >= 0.6 is 11.3 Å². The number of hydrogen-bond acceptors (Lipinski definition) is 6. The largest absolute Gasteiger partial charge is 0.465 e. The van der Waals surface area contributed by atoms with Crippen LogP contribution < -0.4 is 11.1 Å². The van der Waals surface area contributed by atoms with E-state index in [9.17, 15) is 9.59 Å². The molecule has 0 radical (unpaired) electrons. The summed E-state index contributed by atoms with van der Waals surface area (Å²) >= 11 is 1.11. The maximum atomic E-state index is 11.4. The fourth-order valence-corrected chi connectivity index (χ4v) is 2.08. The maximum absolute atomic E-state index is 11.4.